The largest absolute Gasteiger partial charge is 0.374 e. The van der Waals surface area contributed by atoms with Gasteiger partial charge in [0.1, 0.15) is 0 Å². The summed E-state index contributed by atoms with van der Waals surface area (Å²) in [6.07, 6.45) is -0.0435. The Bertz CT molecular complexity index is 860. The van der Waals surface area contributed by atoms with Gasteiger partial charge in [-0.25, -0.2) is 0 Å². The van der Waals surface area contributed by atoms with Crippen molar-refractivity contribution in [3.8, 4) is 0 Å². The van der Waals surface area contributed by atoms with Crippen LogP contribution < -0.4 is 10.6 Å². The minimum atomic E-state index is -0.142. The highest BCUT2D eigenvalue weighted by Gasteiger charge is 2.22. The molecule has 1 fully saturated rings. The molecule has 7 heteroatoms. The molecular formula is C24H31N3O3S. The first kappa shape index (κ1) is 23.3. The topological polar surface area (TPSA) is 70.7 Å². The summed E-state index contributed by atoms with van der Waals surface area (Å²) in [5, 5.41) is 5.88. The average molecular weight is 442 g/mol. The molecule has 2 amide bonds. The van der Waals surface area contributed by atoms with Gasteiger partial charge in [-0.3, -0.25) is 14.5 Å². The lowest BCUT2D eigenvalue weighted by Crippen LogP contribution is -2.47. The van der Waals surface area contributed by atoms with Crippen LogP contribution in [0.3, 0.4) is 0 Å². The van der Waals surface area contributed by atoms with E-state index in [0.717, 1.165) is 24.5 Å². The van der Waals surface area contributed by atoms with Crippen LogP contribution in [0, 0.1) is 0 Å². The van der Waals surface area contributed by atoms with Crippen molar-refractivity contribution >= 4 is 23.6 Å². The van der Waals surface area contributed by atoms with E-state index < -0.39 is 0 Å². The third-order valence-electron chi connectivity index (χ3n) is 4.90. The predicted molar refractivity (Wildman–Crippen MR) is 124 cm³/mol. The molecule has 1 unspecified atom stereocenters. The van der Waals surface area contributed by atoms with Crippen molar-refractivity contribution in [2.75, 3.05) is 32.0 Å². The van der Waals surface area contributed by atoms with E-state index in [9.17, 15) is 9.59 Å². The van der Waals surface area contributed by atoms with Gasteiger partial charge < -0.3 is 15.4 Å². The number of rotatable bonds is 9. The Kier molecular flexibility index (Phi) is 8.94. The molecule has 1 aliphatic rings. The highest BCUT2D eigenvalue weighted by Crippen LogP contribution is 2.22. The molecule has 3 rings (SSSR count). The van der Waals surface area contributed by atoms with Crippen molar-refractivity contribution in [3.05, 3.63) is 65.7 Å². The van der Waals surface area contributed by atoms with Crippen LogP contribution >= 0.6 is 11.8 Å². The van der Waals surface area contributed by atoms with Gasteiger partial charge in [0.15, 0.2) is 0 Å². The Balaban J connectivity index is 1.50. The molecular weight excluding hydrogens is 410 g/mol. The summed E-state index contributed by atoms with van der Waals surface area (Å²) < 4.78 is 5.86. The molecule has 0 aromatic heterocycles. The molecule has 31 heavy (non-hydrogen) atoms. The number of ether oxygens (including phenoxy) is 1. The molecule has 2 aromatic carbocycles. The lowest BCUT2D eigenvalue weighted by molar-refractivity contribution is -0.119. The van der Waals surface area contributed by atoms with Crippen LogP contribution in [0.1, 0.15) is 29.8 Å². The molecule has 2 N–H and O–H groups in total. The number of amides is 2. The molecule has 2 aromatic rings. The van der Waals surface area contributed by atoms with Gasteiger partial charge in [0, 0.05) is 37.1 Å². The number of nitrogens with one attached hydrogen (secondary N) is 2. The monoisotopic (exact) mass is 441 g/mol. The summed E-state index contributed by atoms with van der Waals surface area (Å²) in [7, 11) is 0. The van der Waals surface area contributed by atoms with Crippen molar-refractivity contribution in [2.24, 2.45) is 0 Å². The number of morpholine rings is 1. The third-order valence-corrected chi connectivity index (χ3v) is 5.98. The zero-order chi connectivity index (χ0) is 22.1. The van der Waals surface area contributed by atoms with Gasteiger partial charge >= 0.3 is 0 Å². The Hall–Kier alpha value is -2.35. The van der Waals surface area contributed by atoms with Gasteiger partial charge in [0.05, 0.1) is 24.0 Å². The van der Waals surface area contributed by atoms with Crippen molar-refractivity contribution in [2.45, 2.75) is 37.4 Å². The molecule has 1 aliphatic heterocycles. The van der Waals surface area contributed by atoms with Crippen molar-refractivity contribution in [1.29, 1.82) is 0 Å². The Labute approximate surface area is 188 Å². The maximum atomic E-state index is 12.8. The molecule has 0 radical (unpaired) electrons. The molecule has 0 bridgehead atoms. The first-order chi connectivity index (χ1) is 15.0. The highest BCUT2D eigenvalue weighted by molar-refractivity contribution is 8.00. The molecule has 0 saturated carbocycles. The first-order valence-electron chi connectivity index (χ1n) is 10.7. The van der Waals surface area contributed by atoms with E-state index in [4.69, 9.17) is 4.74 Å². The highest BCUT2D eigenvalue weighted by atomic mass is 32.2. The fourth-order valence-electron chi connectivity index (χ4n) is 3.48. The molecule has 1 atom stereocenters. The Morgan fingerprint density at radius 2 is 1.87 bits per heavy atom. The van der Waals surface area contributed by atoms with E-state index in [2.05, 4.69) is 39.8 Å². The number of thioether (sulfide) groups is 1. The second-order valence-corrected chi connectivity index (χ2v) is 8.95. The summed E-state index contributed by atoms with van der Waals surface area (Å²) in [4.78, 5) is 27.9. The van der Waals surface area contributed by atoms with E-state index in [-0.39, 0.29) is 29.7 Å². The van der Waals surface area contributed by atoms with Crippen LogP contribution in [-0.4, -0.2) is 60.9 Å². The van der Waals surface area contributed by atoms with Crippen LogP contribution in [0.4, 0.5) is 0 Å². The second kappa shape index (κ2) is 11.9. The normalized spacial score (nSPS) is 16.8. The Morgan fingerprint density at radius 1 is 1.13 bits per heavy atom. The van der Waals surface area contributed by atoms with Gasteiger partial charge in [0.2, 0.25) is 5.91 Å². The Morgan fingerprint density at radius 3 is 2.65 bits per heavy atom. The number of hydrogen-bond donors (Lipinski definition) is 2. The number of benzene rings is 2. The van der Waals surface area contributed by atoms with Gasteiger partial charge in [0.25, 0.3) is 5.91 Å². The van der Waals surface area contributed by atoms with Crippen LogP contribution in [0.2, 0.25) is 0 Å². The van der Waals surface area contributed by atoms with E-state index in [1.54, 1.807) is 6.07 Å². The summed E-state index contributed by atoms with van der Waals surface area (Å²) in [5.74, 6) is 0.100. The number of carbonyl (C=O) groups excluding carboxylic acids is 2. The summed E-state index contributed by atoms with van der Waals surface area (Å²) in [6, 6.07) is 17.9. The van der Waals surface area contributed by atoms with E-state index >= 15 is 0 Å². The molecule has 0 aliphatic carbocycles. The predicted octanol–water partition coefficient (Wildman–Crippen LogP) is 2.93. The maximum absolute atomic E-state index is 12.8. The molecule has 166 valence electrons. The second-order valence-electron chi connectivity index (χ2n) is 7.93. The van der Waals surface area contributed by atoms with Crippen molar-refractivity contribution in [1.82, 2.24) is 15.5 Å². The van der Waals surface area contributed by atoms with E-state index in [1.165, 1.54) is 17.3 Å². The molecule has 6 nitrogen and oxygen atoms in total. The standard InChI is InChI=1S/C24H31N3O3S/c1-18(2)26-23(28)17-31-22-11-7-6-10-21(22)24(29)25-14-20-16-27(12-13-30-20)15-19-8-4-3-5-9-19/h3-11,18,20H,12-17H2,1-2H3,(H,25,29)(H,26,28). The number of carbonyl (C=O) groups is 2. The quantitative estimate of drug-likeness (QED) is 0.586. The van der Waals surface area contributed by atoms with E-state index in [1.807, 2.05) is 38.1 Å². The van der Waals surface area contributed by atoms with Crippen LogP contribution in [-0.2, 0) is 16.1 Å². The zero-order valence-electron chi connectivity index (χ0n) is 18.2. The minimum Gasteiger partial charge on any atom is -0.374 e. The summed E-state index contributed by atoms with van der Waals surface area (Å²) in [5.41, 5.74) is 1.86. The fraction of sp³-hybridized carbons (Fsp3) is 0.417. The van der Waals surface area contributed by atoms with Gasteiger partial charge in [-0.1, -0.05) is 42.5 Å². The number of hydrogen-bond acceptors (Lipinski definition) is 5. The first-order valence-corrected chi connectivity index (χ1v) is 11.7. The molecule has 1 saturated heterocycles. The van der Waals surface area contributed by atoms with Gasteiger partial charge in [-0.2, -0.15) is 0 Å². The van der Waals surface area contributed by atoms with Crippen LogP contribution in [0.5, 0.6) is 0 Å². The maximum Gasteiger partial charge on any atom is 0.252 e. The summed E-state index contributed by atoms with van der Waals surface area (Å²) in [6.45, 7) is 7.52. The smallest absolute Gasteiger partial charge is 0.252 e. The minimum absolute atomic E-state index is 0.0377. The molecule has 0 spiro atoms. The van der Waals surface area contributed by atoms with Crippen LogP contribution in [0.25, 0.3) is 0 Å². The van der Waals surface area contributed by atoms with Gasteiger partial charge in [-0.15, -0.1) is 11.8 Å². The van der Waals surface area contributed by atoms with E-state index in [0.29, 0.717) is 18.7 Å². The van der Waals surface area contributed by atoms with Crippen molar-refractivity contribution < 1.29 is 14.3 Å². The van der Waals surface area contributed by atoms with Crippen molar-refractivity contribution in [3.63, 3.8) is 0 Å². The zero-order valence-corrected chi connectivity index (χ0v) is 19.0. The third kappa shape index (κ3) is 7.69. The fourth-order valence-corrected chi connectivity index (χ4v) is 4.34. The SMILES string of the molecule is CC(C)NC(=O)CSc1ccccc1C(=O)NCC1CN(Cc2ccccc2)CCO1. The lowest BCUT2D eigenvalue weighted by atomic mass is 10.2. The molecule has 1 heterocycles. The van der Waals surface area contributed by atoms with Crippen LogP contribution in [0.15, 0.2) is 59.5 Å². The van der Waals surface area contributed by atoms with Gasteiger partial charge in [-0.05, 0) is 31.5 Å². The number of nitrogens with zero attached hydrogens (tertiary/aromatic N) is 1. The average Bonchev–Trinajstić information content (AvgIpc) is 2.77. The summed E-state index contributed by atoms with van der Waals surface area (Å²) >= 11 is 1.38. The lowest BCUT2D eigenvalue weighted by Gasteiger charge is -2.33.